The van der Waals surface area contributed by atoms with E-state index in [1.54, 1.807) is 0 Å². The average Bonchev–Trinajstić information content (AvgIpc) is 2.16. The predicted molar refractivity (Wildman–Crippen MR) is 51.5 cm³/mol. The second-order valence-corrected chi connectivity index (χ2v) is 3.22. The number of carboxylic acids is 1. The summed E-state index contributed by atoms with van der Waals surface area (Å²) >= 11 is 0. The van der Waals surface area contributed by atoms with Crippen LogP contribution >= 0.6 is 0 Å². The predicted octanol–water partition coefficient (Wildman–Crippen LogP) is 0.351. The molecule has 0 unspecified atom stereocenters. The molecule has 1 atom stereocenters. The Labute approximate surface area is 82.0 Å². The van der Waals surface area contributed by atoms with Crippen LogP contribution in [0.4, 0.5) is 0 Å². The Morgan fingerprint density at radius 3 is 2.43 bits per heavy atom. The van der Waals surface area contributed by atoms with Gasteiger partial charge in [0.2, 0.25) is 5.72 Å². The van der Waals surface area contributed by atoms with E-state index in [0.29, 0.717) is 6.42 Å². The van der Waals surface area contributed by atoms with Gasteiger partial charge in [0, 0.05) is 6.42 Å². The number of carboxylic acid groups (broad SMARTS) is 1. The monoisotopic (exact) mass is 195 g/mol. The maximum Gasteiger partial charge on any atom is 0.351 e. The highest BCUT2D eigenvalue weighted by molar-refractivity contribution is 5.76. The smallest absolute Gasteiger partial charge is 0.351 e. The largest absolute Gasteiger partial charge is 0.478 e. The summed E-state index contributed by atoms with van der Waals surface area (Å²) < 4.78 is 0. The van der Waals surface area contributed by atoms with Crippen LogP contribution < -0.4 is 5.73 Å². The Morgan fingerprint density at radius 1 is 1.36 bits per heavy atom. The molecule has 76 valence electrons. The molecule has 0 spiro atoms. The van der Waals surface area contributed by atoms with Gasteiger partial charge in [-0.25, -0.2) is 4.79 Å². The van der Waals surface area contributed by atoms with Gasteiger partial charge in [0.05, 0.1) is 0 Å². The Bertz CT molecular complexity index is 308. The van der Waals surface area contributed by atoms with Crippen LogP contribution in [0.15, 0.2) is 30.3 Å². The standard InChI is InChI=1S/C10H13NO3/c11-10(14,9(12)13)7-6-8-4-2-1-3-5-8/h1-5,14H,6-7,11H2,(H,12,13)/t10-/m1/s1. The number of benzene rings is 1. The number of hydrogen-bond acceptors (Lipinski definition) is 3. The zero-order valence-corrected chi connectivity index (χ0v) is 7.68. The van der Waals surface area contributed by atoms with Gasteiger partial charge in [-0.05, 0) is 12.0 Å². The van der Waals surface area contributed by atoms with Gasteiger partial charge in [-0.3, -0.25) is 5.73 Å². The third kappa shape index (κ3) is 2.83. The van der Waals surface area contributed by atoms with Crippen molar-refractivity contribution in [2.45, 2.75) is 18.6 Å². The molecule has 0 aliphatic carbocycles. The van der Waals surface area contributed by atoms with Crippen LogP contribution in [0.2, 0.25) is 0 Å². The quantitative estimate of drug-likeness (QED) is 0.605. The molecule has 0 amide bonds. The van der Waals surface area contributed by atoms with E-state index in [1.165, 1.54) is 0 Å². The highest BCUT2D eigenvalue weighted by Gasteiger charge is 2.29. The van der Waals surface area contributed by atoms with Gasteiger partial charge in [-0.2, -0.15) is 0 Å². The maximum absolute atomic E-state index is 10.5. The summed E-state index contributed by atoms with van der Waals surface area (Å²) in [4.78, 5) is 10.5. The third-order valence-corrected chi connectivity index (χ3v) is 2.01. The van der Waals surface area contributed by atoms with E-state index in [0.717, 1.165) is 5.56 Å². The lowest BCUT2D eigenvalue weighted by Crippen LogP contribution is -2.48. The van der Waals surface area contributed by atoms with Crippen LogP contribution in [0.5, 0.6) is 0 Å². The molecule has 0 radical (unpaired) electrons. The molecule has 14 heavy (non-hydrogen) atoms. The summed E-state index contributed by atoms with van der Waals surface area (Å²) in [5.41, 5.74) is 3.99. The zero-order chi connectivity index (χ0) is 10.6. The highest BCUT2D eigenvalue weighted by Crippen LogP contribution is 2.09. The normalized spacial score (nSPS) is 14.7. The molecule has 0 saturated carbocycles. The number of hydrogen-bond donors (Lipinski definition) is 3. The zero-order valence-electron chi connectivity index (χ0n) is 7.68. The van der Waals surface area contributed by atoms with Gasteiger partial charge in [-0.1, -0.05) is 30.3 Å². The second-order valence-electron chi connectivity index (χ2n) is 3.22. The first-order chi connectivity index (χ1) is 6.52. The van der Waals surface area contributed by atoms with Crippen LogP contribution in [0.25, 0.3) is 0 Å². The van der Waals surface area contributed by atoms with Crippen molar-refractivity contribution < 1.29 is 15.0 Å². The number of aliphatic carboxylic acids is 1. The number of rotatable bonds is 4. The Kier molecular flexibility index (Phi) is 3.22. The van der Waals surface area contributed by atoms with Crippen LogP contribution in [0.3, 0.4) is 0 Å². The van der Waals surface area contributed by atoms with Gasteiger partial charge in [0.25, 0.3) is 0 Å². The first-order valence-electron chi connectivity index (χ1n) is 4.31. The van der Waals surface area contributed by atoms with Crippen molar-refractivity contribution in [3.8, 4) is 0 Å². The molecule has 0 bridgehead atoms. The van der Waals surface area contributed by atoms with Gasteiger partial charge < -0.3 is 10.2 Å². The number of aryl methyl sites for hydroxylation is 1. The molecule has 0 fully saturated rings. The molecule has 0 heterocycles. The summed E-state index contributed by atoms with van der Waals surface area (Å²) in [6.07, 6.45) is 0.451. The Hall–Kier alpha value is -1.39. The summed E-state index contributed by atoms with van der Waals surface area (Å²) in [7, 11) is 0. The van der Waals surface area contributed by atoms with E-state index in [9.17, 15) is 9.90 Å². The molecule has 1 aromatic carbocycles. The summed E-state index contributed by atoms with van der Waals surface area (Å²) in [6, 6.07) is 9.29. The fraction of sp³-hybridized carbons (Fsp3) is 0.300. The van der Waals surface area contributed by atoms with Crippen molar-refractivity contribution in [1.29, 1.82) is 0 Å². The molecule has 0 aliphatic heterocycles. The SMILES string of the molecule is N[C@@](O)(CCc1ccccc1)C(=O)O. The molecule has 4 heteroatoms. The van der Waals surface area contributed by atoms with Crippen LogP contribution in [0, 0.1) is 0 Å². The summed E-state index contributed by atoms with van der Waals surface area (Å²) in [5, 5.41) is 17.8. The molecule has 1 rings (SSSR count). The fourth-order valence-electron chi connectivity index (χ4n) is 1.09. The number of nitrogens with two attached hydrogens (primary N) is 1. The van der Waals surface area contributed by atoms with Gasteiger partial charge >= 0.3 is 5.97 Å². The van der Waals surface area contributed by atoms with Gasteiger partial charge in [0.1, 0.15) is 0 Å². The summed E-state index contributed by atoms with van der Waals surface area (Å²) in [5.74, 6) is -1.39. The Balaban J connectivity index is 2.53. The van der Waals surface area contributed by atoms with Crippen LogP contribution in [0.1, 0.15) is 12.0 Å². The van der Waals surface area contributed by atoms with Crippen molar-refractivity contribution in [2.75, 3.05) is 0 Å². The average molecular weight is 195 g/mol. The first-order valence-corrected chi connectivity index (χ1v) is 4.31. The minimum absolute atomic E-state index is 0.00630. The van der Waals surface area contributed by atoms with Crippen molar-refractivity contribution >= 4 is 5.97 Å². The molecule has 4 nitrogen and oxygen atoms in total. The van der Waals surface area contributed by atoms with Gasteiger partial charge in [0.15, 0.2) is 0 Å². The van der Waals surface area contributed by atoms with E-state index in [2.05, 4.69) is 0 Å². The lowest BCUT2D eigenvalue weighted by molar-refractivity contribution is -0.158. The highest BCUT2D eigenvalue weighted by atomic mass is 16.4. The van der Waals surface area contributed by atoms with E-state index in [-0.39, 0.29) is 6.42 Å². The van der Waals surface area contributed by atoms with E-state index in [4.69, 9.17) is 10.8 Å². The molecular weight excluding hydrogens is 182 g/mol. The Morgan fingerprint density at radius 2 is 1.93 bits per heavy atom. The molecular formula is C10H13NO3. The van der Waals surface area contributed by atoms with Crippen molar-refractivity contribution in [3.63, 3.8) is 0 Å². The van der Waals surface area contributed by atoms with Crippen molar-refractivity contribution in [2.24, 2.45) is 5.73 Å². The number of carbonyl (C=O) groups is 1. The minimum Gasteiger partial charge on any atom is -0.478 e. The van der Waals surface area contributed by atoms with Crippen molar-refractivity contribution in [1.82, 2.24) is 0 Å². The molecule has 1 aromatic rings. The second kappa shape index (κ2) is 4.21. The fourth-order valence-corrected chi connectivity index (χ4v) is 1.09. The number of aliphatic hydroxyl groups is 1. The van der Waals surface area contributed by atoms with E-state index in [1.807, 2.05) is 30.3 Å². The molecule has 0 saturated heterocycles. The minimum atomic E-state index is -2.13. The molecule has 0 aliphatic rings. The lowest BCUT2D eigenvalue weighted by Gasteiger charge is -2.17. The van der Waals surface area contributed by atoms with Crippen LogP contribution in [-0.2, 0) is 11.2 Å². The molecule has 0 aromatic heterocycles. The van der Waals surface area contributed by atoms with Gasteiger partial charge in [-0.15, -0.1) is 0 Å². The summed E-state index contributed by atoms with van der Waals surface area (Å²) in [6.45, 7) is 0. The maximum atomic E-state index is 10.5. The first kappa shape index (κ1) is 10.7. The molecule has 4 N–H and O–H groups in total. The third-order valence-electron chi connectivity index (χ3n) is 2.01. The topological polar surface area (TPSA) is 83.5 Å². The van der Waals surface area contributed by atoms with E-state index < -0.39 is 11.7 Å². The van der Waals surface area contributed by atoms with Crippen LogP contribution in [-0.4, -0.2) is 21.9 Å². The lowest BCUT2D eigenvalue weighted by atomic mass is 10.0. The van der Waals surface area contributed by atoms with E-state index >= 15 is 0 Å². The van der Waals surface area contributed by atoms with Crippen molar-refractivity contribution in [3.05, 3.63) is 35.9 Å².